The van der Waals surface area contributed by atoms with Crippen LogP contribution in [0.2, 0.25) is 0 Å². The standard InChI is InChI=1S/C18H18INO2/c1-4-5-13-11-14(6-9-17(13)22-3)18(21)20-16-8-7-15(19)10-12(16)2/h4,6-11H,1,5H2,2-3H3,(H,20,21). The molecule has 0 saturated heterocycles. The van der Waals surface area contributed by atoms with Crippen molar-refractivity contribution < 1.29 is 9.53 Å². The minimum Gasteiger partial charge on any atom is -0.496 e. The Kier molecular flexibility index (Phi) is 5.60. The minimum absolute atomic E-state index is 0.128. The third kappa shape index (κ3) is 3.88. The number of hydrogen-bond acceptors (Lipinski definition) is 2. The van der Waals surface area contributed by atoms with E-state index in [0.717, 1.165) is 26.1 Å². The number of anilines is 1. The van der Waals surface area contributed by atoms with E-state index in [1.165, 1.54) is 0 Å². The van der Waals surface area contributed by atoms with E-state index in [1.807, 2.05) is 37.3 Å². The molecular weight excluding hydrogens is 389 g/mol. The lowest BCUT2D eigenvalue weighted by molar-refractivity contribution is 0.102. The number of aryl methyl sites for hydroxylation is 1. The van der Waals surface area contributed by atoms with Gasteiger partial charge in [0.2, 0.25) is 0 Å². The van der Waals surface area contributed by atoms with Gasteiger partial charge in [-0.15, -0.1) is 6.58 Å². The van der Waals surface area contributed by atoms with Gasteiger partial charge >= 0.3 is 0 Å². The Labute approximate surface area is 144 Å². The number of allylic oxidation sites excluding steroid dienone is 1. The summed E-state index contributed by atoms with van der Waals surface area (Å²) in [6, 6.07) is 11.4. The molecule has 1 N–H and O–H groups in total. The topological polar surface area (TPSA) is 38.3 Å². The van der Waals surface area contributed by atoms with Gasteiger partial charge < -0.3 is 10.1 Å². The third-order valence-corrected chi connectivity index (χ3v) is 4.01. The number of ether oxygens (including phenoxy) is 1. The van der Waals surface area contributed by atoms with Crippen LogP contribution in [0, 0.1) is 10.5 Å². The molecule has 2 rings (SSSR count). The van der Waals surface area contributed by atoms with Crippen LogP contribution in [-0.4, -0.2) is 13.0 Å². The monoisotopic (exact) mass is 407 g/mol. The maximum Gasteiger partial charge on any atom is 0.255 e. The van der Waals surface area contributed by atoms with E-state index in [4.69, 9.17) is 4.74 Å². The highest BCUT2D eigenvalue weighted by atomic mass is 127. The molecule has 0 aliphatic carbocycles. The lowest BCUT2D eigenvalue weighted by atomic mass is 10.1. The maximum absolute atomic E-state index is 12.4. The van der Waals surface area contributed by atoms with Gasteiger partial charge in [0, 0.05) is 14.8 Å². The first kappa shape index (κ1) is 16.5. The lowest BCUT2D eigenvalue weighted by Gasteiger charge is -2.11. The second-order valence-corrected chi connectivity index (χ2v) is 6.18. The molecular formula is C18H18INO2. The molecule has 2 aromatic rings. The van der Waals surface area contributed by atoms with Crippen molar-refractivity contribution >= 4 is 34.2 Å². The molecule has 0 fully saturated rings. The van der Waals surface area contributed by atoms with Crippen molar-refractivity contribution in [2.45, 2.75) is 13.3 Å². The fourth-order valence-corrected chi connectivity index (χ4v) is 2.84. The van der Waals surface area contributed by atoms with Crippen LogP contribution >= 0.6 is 22.6 Å². The number of hydrogen-bond donors (Lipinski definition) is 1. The first-order chi connectivity index (χ1) is 10.5. The quantitative estimate of drug-likeness (QED) is 0.582. The maximum atomic E-state index is 12.4. The zero-order valence-electron chi connectivity index (χ0n) is 12.7. The normalized spacial score (nSPS) is 10.1. The van der Waals surface area contributed by atoms with Crippen LogP contribution in [0.4, 0.5) is 5.69 Å². The summed E-state index contributed by atoms with van der Waals surface area (Å²) in [4.78, 5) is 12.4. The summed E-state index contributed by atoms with van der Waals surface area (Å²) in [5.41, 5.74) is 3.42. The smallest absolute Gasteiger partial charge is 0.255 e. The molecule has 0 radical (unpaired) electrons. The van der Waals surface area contributed by atoms with E-state index in [-0.39, 0.29) is 5.91 Å². The summed E-state index contributed by atoms with van der Waals surface area (Å²) in [6.07, 6.45) is 2.45. The highest BCUT2D eigenvalue weighted by molar-refractivity contribution is 14.1. The summed E-state index contributed by atoms with van der Waals surface area (Å²) in [6.45, 7) is 5.72. The molecule has 0 atom stereocenters. The largest absolute Gasteiger partial charge is 0.496 e. The molecule has 0 saturated carbocycles. The average Bonchev–Trinajstić information content (AvgIpc) is 2.50. The van der Waals surface area contributed by atoms with E-state index < -0.39 is 0 Å². The Morgan fingerprint density at radius 2 is 2.09 bits per heavy atom. The van der Waals surface area contributed by atoms with E-state index in [2.05, 4.69) is 34.5 Å². The van der Waals surface area contributed by atoms with Crippen LogP contribution in [0.15, 0.2) is 49.1 Å². The average molecular weight is 407 g/mol. The van der Waals surface area contributed by atoms with Gasteiger partial charge in [0.05, 0.1) is 7.11 Å². The molecule has 0 spiro atoms. The van der Waals surface area contributed by atoms with Gasteiger partial charge in [-0.1, -0.05) is 6.08 Å². The van der Waals surface area contributed by atoms with Gasteiger partial charge in [-0.05, 0) is 83.5 Å². The second kappa shape index (κ2) is 7.45. The molecule has 0 aromatic heterocycles. The Hall–Kier alpha value is -1.82. The molecule has 0 aliphatic heterocycles. The van der Waals surface area contributed by atoms with E-state index in [0.29, 0.717) is 12.0 Å². The number of carbonyl (C=O) groups excluding carboxylic acids is 1. The molecule has 0 unspecified atom stereocenters. The van der Waals surface area contributed by atoms with Gasteiger partial charge in [0.25, 0.3) is 5.91 Å². The Morgan fingerprint density at radius 1 is 1.32 bits per heavy atom. The number of amides is 1. The zero-order valence-corrected chi connectivity index (χ0v) is 14.8. The van der Waals surface area contributed by atoms with Crippen LogP contribution in [0.1, 0.15) is 21.5 Å². The van der Waals surface area contributed by atoms with E-state index in [1.54, 1.807) is 19.3 Å². The summed E-state index contributed by atoms with van der Waals surface area (Å²) in [7, 11) is 1.62. The second-order valence-electron chi connectivity index (χ2n) is 4.93. The molecule has 0 aliphatic rings. The summed E-state index contributed by atoms with van der Waals surface area (Å²) < 4.78 is 6.45. The fraction of sp³-hybridized carbons (Fsp3) is 0.167. The van der Waals surface area contributed by atoms with Crippen LogP contribution in [0.25, 0.3) is 0 Å². The van der Waals surface area contributed by atoms with Crippen molar-refractivity contribution in [1.82, 2.24) is 0 Å². The van der Waals surface area contributed by atoms with Gasteiger partial charge in [-0.3, -0.25) is 4.79 Å². The Balaban J connectivity index is 2.25. The fourth-order valence-electron chi connectivity index (χ4n) is 2.20. The number of benzene rings is 2. The summed E-state index contributed by atoms with van der Waals surface area (Å²) in [5.74, 6) is 0.638. The molecule has 1 amide bonds. The van der Waals surface area contributed by atoms with Crippen LogP contribution in [0.3, 0.4) is 0 Å². The van der Waals surface area contributed by atoms with Gasteiger partial charge in [0.1, 0.15) is 5.75 Å². The minimum atomic E-state index is -0.128. The number of methoxy groups -OCH3 is 1. The highest BCUT2D eigenvalue weighted by Gasteiger charge is 2.11. The Morgan fingerprint density at radius 3 is 2.73 bits per heavy atom. The molecule has 2 aromatic carbocycles. The summed E-state index contributed by atoms with van der Waals surface area (Å²) >= 11 is 2.25. The molecule has 0 bridgehead atoms. The molecule has 22 heavy (non-hydrogen) atoms. The predicted molar refractivity (Wildman–Crippen MR) is 98.7 cm³/mol. The molecule has 4 heteroatoms. The van der Waals surface area contributed by atoms with Crippen molar-refractivity contribution in [2.24, 2.45) is 0 Å². The number of carbonyl (C=O) groups is 1. The van der Waals surface area contributed by atoms with Crippen molar-refractivity contribution in [3.8, 4) is 5.75 Å². The van der Waals surface area contributed by atoms with Gasteiger partial charge in [0.15, 0.2) is 0 Å². The third-order valence-electron chi connectivity index (χ3n) is 3.34. The van der Waals surface area contributed by atoms with Crippen molar-refractivity contribution in [2.75, 3.05) is 12.4 Å². The molecule has 114 valence electrons. The van der Waals surface area contributed by atoms with Gasteiger partial charge in [-0.2, -0.15) is 0 Å². The number of rotatable bonds is 5. The number of nitrogens with one attached hydrogen (secondary N) is 1. The van der Waals surface area contributed by atoms with Crippen molar-refractivity contribution in [3.05, 3.63) is 69.3 Å². The van der Waals surface area contributed by atoms with Crippen LogP contribution < -0.4 is 10.1 Å². The van der Waals surface area contributed by atoms with Crippen molar-refractivity contribution in [1.29, 1.82) is 0 Å². The van der Waals surface area contributed by atoms with Crippen LogP contribution in [0.5, 0.6) is 5.75 Å². The van der Waals surface area contributed by atoms with Crippen LogP contribution in [-0.2, 0) is 6.42 Å². The van der Waals surface area contributed by atoms with Crippen molar-refractivity contribution in [3.63, 3.8) is 0 Å². The predicted octanol–water partition coefficient (Wildman–Crippen LogP) is 4.59. The lowest BCUT2D eigenvalue weighted by Crippen LogP contribution is -2.13. The van der Waals surface area contributed by atoms with E-state index in [9.17, 15) is 4.79 Å². The molecule has 0 heterocycles. The Bertz CT molecular complexity index is 710. The zero-order chi connectivity index (χ0) is 16.1. The summed E-state index contributed by atoms with van der Waals surface area (Å²) in [5, 5.41) is 2.95. The number of halogens is 1. The van der Waals surface area contributed by atoms with Gasteiger partial charge in [-0.25, -0.2) is 0 Å². The van der Waals surface area contributed by atoms with E-state index >= 15 is 0 Å². The first-order valence-corrected chi connectivity index (χ1v) is 7.98. The first-order valence-electron chi connectivity index (χ1n) is 6.90. The highest BCUT2D eigenvalue weighted by Crippen LogP contribution is 2.23. The molecule has 3 nitrogen and oxygen atoms in total. The SMILES string of the molecule is C=CCc1cc(C(=O)Nc2ccc(I)cc2C)ccc1OC.